The molecule has 0 unspecified atom stereocenters. The van der Waals surface area contributed by atoms with Gasteiger partial charge in [0.1, 0.15) is 0 Å². The number of rotatable bonds is 3. The maximum atomic E-state index is 3.10. The summed E-state index contributed by atoms with van der Waals surface area (Å²) in [7, 11) is 0. The van der Waals surface area contributed by atoms with Crippen LogP contribution in [0.1, 0.15) is 31.7 Å². The molecule has 1 heteroatoms. The van der Waals surface area contributed by atoms with Crippen molar-refractivity contribution in [2.45, 2.75) is 26.2 Å². The maximum absolute atomic E-state index is 3.10. The van der Waals surface area contributed by atoms with E-state index in [-0.39, 0.29) is 18.9 Å². The van der Waals surface area contributed by atoms with Crippen molar-refractivity contribution in [2.24, 2.45) is 0 Å². The van der Waals surface area contributed by atoms with Crippen molar-refractivity contribution in [2.75, 3.05) is 0 Å². The first-order valence-corrected chi connectivity index (χ1v) is 4.81. The molecule has 0 bridgehead atoms. The molecule has 14 heavy (non-hydrogen) atoms. The molecule has 0 aliphatic heterocycles. The first-order chi connectivity index (χ1) is 6.43. The van der Waals surface area contributed by atoms with E-state index in [2.05, 4.69) is 25.2 Å². The van der Waals surface area contributed by atoms with Crippen LogP contribution in [0, 0.1) is 18.3 Å². The predicted molar refractivity (Wildman–Crippen MR) is 57.1 cm³/mol. The summed E-state index contributed by atoms with van der Waals surface area (Å²) in [5, 5.41) is 0. The van der Waals surface area contributed by atoms with Crippen molar-refractivity contribution in [3.05, 3.63) is 42.3 Å². The van der Waals surface area contributed by atoms with E-state index in [4.69, 9.17) is 0 Å². The van der Waals surface area contributed by atoms with Gasteiger partial charge in [0.15, 0.2) is 0 Å². The molecule has 0 radical (unpaired) electrons. The van der Waals surface area contributed by atoms with Gasteiger partial charge in [-0.25, -0.2) is 0 Å². The zero-order chi connectivity index (χ0) is 9.36. The molecule has 0 saturated heterocycles. The Balaban J connectivity index is 0.00000169. The molecule has 68 valence electrons. The van der Waals surface area contributed by atoms with E-state index in [0.717, 1.165) is 12.0 Å². The maximum Gasteiger partial charge on any atom is 1.00 e. The second-order valence-electron chi connectivity index (χ2n) is 2.98. The van der Waals surface area contributed by atoms with E-state index in [0.29, 0.717) is 0 Å². The van der Waals surface area contributed by atoms with Crippen molar-refractivity contribution < 1.29 is 18.9 Å². The summed E-state index contributed by atoms with van der Waals surface area (Å²) >= 11 is 0. The van der Waals surface area contributed by atoms with Gasteiger partial charge in [0.05, 0.1) is 0 Å². The van der Waals surface area contributed by atoms with Gasteiger partial charge in [-0.3, -0.25) is 11.8 Å². The van der Waals surface area contributed by atoms with Gasteiger partial charge in [-0.05, 0) is 0 Å². The Labute approximate surface area is 99.3 Å². The third-order valence-electron chi connectivity index (χ3n) is 1.79. The smallest absolute Gasteiger partial charge is 0.295 e. The molecule has 0 nitrogen and oxygen atoms in total. The molecule has 0 aliphatic carbocycles. The Bertz CT molecular complexity index is 279. The van der Waals surface area contributed by atoms with E-state index in [1.165, 1.54) is 12.8 Å². The molecule has 0 aliphatic rings. The molecular formula is C13H15Li. The van der Waals surface area contributed by atoms with E-state index in [1.807, 2.05) is 30.3 Å². The summed E-state index contributed by atoms with van der Waals surface area (Å²) < 4.78 is 0. The summed E-state index contributed by atoms with van der Waals surface area (Å²) in [4.78, 5) is 0. The fourth-order valence-electron chi connectivity index (χ4n) is 1.03. The van der Waals surface area contributed by atoms with Crippen LogP contribution in [0.4, 0.5) is 0 Å². The van der Waals surface area contributed by atoms with Crippen LogP contribution in [0.15, 0.2) is 30.3 Å². The van der Waals surface area contributed by atoms with Gasteiger partial charge in [-0.2, -0.15) is 6.42 Å². The normalized spacial score (nSPS) is 8.07. The van der Waals surface area contributed by atoms with E-state index in [1.54, 1.807) is 0 Å². The van der Waals surface area contributed by atoms with Crippen LogP contribution in [0.25, 0.3) is 0 Å². The van der Waals surface area contributed by atoms with Gasteiger partial charge < -0.3 is 0 Å². The standard InChI is InChI=1S/C13H15.Li/c1-2-3-4-5-7-10-13-11-8-6-9-12-13;/h5-6,8-9,11-12H,2-4H2,1H3;/q-1;+1. The first kappa shape index (κ1) is 13.2. The molecule has 1 rings (SSSR count). The van der Waals surface area contributed by atoms with Crippen LogP contribution >= 0.6 is 0 Å². The third kappa shape index (κ3) is 5.82. The van der Waals surface area contributed by atoms with Gasteiger partial charge in [0, 0.05) is 0 Å². The van der Waals surface area contributed by atoms with Gasteiger partial charge in [-0.15, -0.1) is 0 Å². The van der Waals surface area contributed by atoms with Gasteiger partial charge in [0.2, 0.25) is 0 Å². The van der Waals surface area contributed by atoms with Crippen LogP contribution in [0.2, 0.25) is 0 Å². The molecule has 0 fully saturated rings. The minimum atomic E-state index is 0. The zero-order valence-electron chi connectivity index (χ0n) is 9.09. The minimum absolute atomic E-state index is 0. The Morgan fingerprint density at radius 2 is 1.93 bits per heavy atom. The first-order valence-electron chi connectivity index (χ1n) is 4.81. The summed E-state index contributed by atoms with van der Waals surface area (Å²) in [6.07, 6.45) is 5.64. The van der Waals surface area contributed by atoms with Gasteiger partial charge >= 0.3 is 18.9 Å². The summed E-state index contributed by atoms with van der Waals surface area (Å²) in [6, 6.07) is 10.1. The molecule has 0 heterocycles. The second-order valence-corrected chi connectivity index (χ2v) is 2.98. The van der Waals surface area contributed by atoms with E-state index < -0.39 is 0 Å². The monoisotopic (exact) mass is 178 g/mol. The van der Waals surface area contributed by atoms with E-state index >= 15 is 0 Å². The number of benzene rings is 1. The fourth-order valence-corrected chi connectivity index (χ4v) is 1.03. The van der Waals surface area contributed by atoms with Crippen molar-refractivity contribution in [1.82, 2.24) is 0 Å². The van der Waals surface area contributed by atoms with Crippen LogP contribution in [0.3, 0.4) is 0 Å². The predicted octanol–water partition coefficient (Wildman–Crippen LogP) is 0.437. The number of hydrogen-bond donors (Lipinski definition) is 0. The molecule has 1 aromatic rings. The number of hydrogen-bond acceptors (Lipinski definition) is 0. The van der Waals surface area contributed by atoms with Crippen molar-refractivity contribution in [1.29, 1.82) is 0 Å². The van der Waals surface area contributed by atoms with Gasteiger partial charge in [0.25, 0.3) is 0 Å². The Morgan fingerprint density at radius 3 is 2.57 bits per heavy atom. The van der Waals surface area contributed by atoms with Crippen LogP contribution in [0.5, 0.6) is 0 Å². The second kappa shape index (κ2) is 8.83. The molecule has 0 amide bonds. The van der Waals surface area contributed by atoms with E-state index in [9.17, 15) is 0 Å². The fraction of sp³-hybridized carbons (Fsp3) is 0.308. The topological polar surface area (TPSA) is 0 Å². The Hall–Kier alpha value is -0.753. The average molecular weight is 178 g/mol. The van der Waals surface area contributed by atoms with Crippen LogP contribution < -0.4 is 18.9 Å². The van der Waals surface area contributed by atoms with Crippen molar-refractivity contribution in [3.63, 3.8) is 0 Å². The van der Waals surface area contributed by atoms with Crippen LogP contribution in [-0.4, -0.2) is 0 Å². The largest absolute Gasteiger partial charge is 1.00 e. The zero-order valence-corrected chi connectivity index (χ0v) is 9.09. The Kier molecular flexibility index (Phi) is 8.35. The average Bonchev–Trinajstić information content (AvgIpc) is 2.19. The quantitative estimate of drug-likeness (QED) is 0.272. The molecule has 0 aromatic heterocycles. The molecule has 0 saturated carbocycles. The van der Waals surface area contributed by atoms with Crippen LogP contribution in [-0.2, 0) is 0 Å². The van der Waals surface area contributed by atoms with Crippen molar-refractivity contribution >= 4 is 0 Å². The molecule has 1 aromatic carbocycles. The Morgan fingerprint density at radius 1 is 1.21 bits per heavy atom. The third-order valence-corrected chi connectivity index (χ3v) is 1.79. The van der Waals surface area contributed by atoms with Gasteiger partial charge in [-0.1, -0.05) is 62.1 Å². The van der Waals surface area contributed by atoms with Crippen molar-refractivity contribution in [3.8, 4) is 11.8 Å². The molecule has 0 spiro atoms. The molecule has 0 N–H and O–H groups in total. The molecular weight excluding hydrogens is 163 g/mol. The summed E-state index contributed by atoms with van der Waals surface area (Å²) in [5.74, 6) is 6.16. The molecule has 0 atom stereocenters. The summed E-state index contributed by atoms with van der Waals surface area (Å²) in [5.41, 5.74) is 1.09. The SMILES string of the molecule is CCCC[CH-]C#Cc1ccccc1.[Li+]. The number of unbranched alkanes of at least 4 members (excludes halogenated alkanes) is 3. The minimum Gasteiger partial charge on any atom is -0.295 e. The summed E-state index contributed by atoms with van der Waals surface area (Å²) in [6.45, 7) is 2.19.